The molecule has 0 aromatic carbocycles. The van der Waals surface area contributed by atoms with Crippen LogP contribution < -0.4 is 10.6 Å². The molecule has 0 radical (unpaired) electrons. The van der Waals surface area contributed by atoms with E-state index in [9.17, 15) is 4.79 Å². The Kier molecular flexibility index (Phi) is 12.0. The van der Waals surface area contributed by atoms with Gasteiger partial charge in [0.1, 0.15) is 5.76 Å². The van der Waals surface area contributed by atoms with Crippen LogP contribution in [-0.4, -0.2) is 37.3 Å². The summed E-state index contributed by atoms with van der Waals surface area (Å²) in [6, 6.07) is 0. The van der Waals surface area contributed by atoms with Gasteiger partial charge in [-0.2, -0.15) is 0 Å². The van der Waals surface area contributed by atoms with Crippen molar-refractivity contribution in [3.05, 3.63) is 17.0 Å². The lowest BCUT2D eigenvalue weighted by molar-refractivity contribution is -0.143. The number of carbonyl (C=O) groups is 1. The Bertz CT molecular complexity index is 548. The first kappa shape index (κ1) is 23.0. The summed E-state index contributed by atoms with van der Waals surface area (Å²) < 4.78 is 10.3. The number of aliphatic imine (C=N–C) groups is 1. The summed E-state index contributed by atoms with van der Waals surface area (Å²) in [5, 5.41) is 10.8. The standard InChI is InChI=1S/C20H36N4O3/c1-5-17-16(18(6-2)27-24-17)15-23-20(21-4)22-14-12-10-8-9-11-13-19(25)26-7-3/h5-15H2,1-4H3,(H2,21,22,23). The molecule has 7 heteroatoms. The van der Waals surface area contributed by atoms with Gasteiger partial charge in [-0.05, 0) is 26.2 Å². The number of hydrogen-bond acceptors (Lipinski definition) is 5. The molecule has 2 N–H and O–H groups in total. The van der Waals surface area contributed by atoms with Gasteiger partial charge in [0.05, 0.1) is 12.3 Å². The smallest absolute Gasteiger partial charge is 0.305 e. The van der Waals surface area contributed by atoms with Crippen molar-refractivity contribution in [3.63, 3.8) is 0 Å². The highest BCUT2D eigenvalue weighted by atomic mass is 16.5. The Balaban J connectivity index is 2.17. The van der Waals surface area contributed by atoms with Crippen LogP contribution >= 0.6 is 0 Å². The van der Waals surface area contributed by atoms with Crippen molar-refractivity contribution in [2.75, 3.05) is 20.2 Å². The van der Waals surface area contributed by atoms with E-state index in [0.717, 1.165) is 74.5 Å². The zero-order chi connectivity index (χ0) is 19.9. The Morgan fingerprint density at radius 1 is 1.07 bits per heavy atom. The van der Waals surface area contributed by atoms with E-state index in [2.05, 4.69) is 34.6 Å². The van der Waals surface area contributed by atoms with Crippen LogP contribution in [0.5, 0.6) is 0 Å². The third-order valence-corrected chi connectivity index (χ3v) is 4.42. The highest BCUT2D eigenvalue weighted by Crippen LogP contribution is 2.15. The lowest BCUT2D eigenvalue weighted by Crippen LogP contribution is -2.37. The van der Waals surface area contributed by atoms with Gasteiger partial charge in [-0.25, -0.2) is 0 Å². The molecule has 0 fully saturated rings. The van der Waals surface area contributed by atoms with Crippen LogP contribution in [-0.2, 0) is 28.9 Å². The van der Waals surface area contributed by atoms with Crippen LogP contribution in [0, 0.1) is 0 Å². The predicted octanol–water partition coefficient (Wildman–Crippen LogP) is 3.37. The van der Waals surface area contributed by atoms with Crippen molar-refractivity contribution in [2.24, 2.45) is 4.99 Å². The number of nitrogens with one attached hydrogen (secondary N) is 2. The highest BCUT2D eigenvalue weighted by molar-refractivity contribution is 5.79. The maximum atomic E-state index is 11.3. The molecule has 1 aromatic heterocycles. The van der Waals surface area contributed by atoms with Gasteiger partial charge in [0, 0.05) is 38.5 Å². The molecule has 7 nitrogen and oxygen atoms in total. The maximum Gasteiger partial charge on any atom is 0.305 e. The van der Waals surface area contributed by atoms with E-state index in [1.807, 2.05) is 6.92 Å². The number of hydrogen-bond donors (Lipinski definition) is 2. The first-order valence-corrected chi connectivity index (χ1v) is 10.2. The van der Waals surface area contributed by atoms with Crippen molar-refractivity contribution >= 4 is 11.9 Å². The Morgan fingerprint density at radius 2 is 1.81 bits per heavy atom. The van der Waals surface area contributed by atoms with Gasteiger partial charge in [-0.1, -0.05) is 38.3 Å². The average molecular weight is 381 g/mol. The monoisotopic (exact) mass is 380 g/mol. The van der Waals surface area contributed by atoms with Crippen molar-refractivity contribution in [1.29, 1.82) is 0 Å². The van der Waals surface area contributed by atoms with E-state index >= 15 is 0 Å². The largest absolute Gasteiger partial charge is 0.466 e. The first-order chi connectivity index (χ1) is 13.2. The number of nitrogens with zero attached hydrogens (tertiary/aromatic N) is 2. The second-order valence-electron chi connectivity index (χ2n) is 6.41. The number of guanidine groups is 1. The van der Waals surface area contributed by atoms with Crippen LogP contribution in [0.2, 0.25) is 0 Å². The molecule has 154 valence electrons. The number of ether oxygens (including phenoxy) is 1. The normalized spacial score (nSPS) is 11.5. The SMILES string of the molecule is CCOC(=O)CCCCCCCNC(=NC)NCc1c(CC)noc1CC. The van der Waals surface area contributed by atoms with Gasteiger partial charge < -0.3 is 19.9 Å². The zero-order valence-electron chi connectivity index (χ0n) is 17.4. The molecular weight excluding hydrogens is 344 g/mol. The minimum atomic E-state index is -0.0840. The molecule has 0 bridgehead atoms. The molecule has 27 heavy (non-hydrogen) atoms. The number of rotatable bonds is 13. The summed E-state index contributed by atoms with van der Waals surface area (Å²) >= 11 is 0. The van der Waals surface area contributed by atoms with Crippen molar-refractivity contribution in [3.8, 4) is 0 Å². The quantitative estimate of drug-likeness (QED) is 0.236. The van der Waals surface area contributed by atoms with Crippen molar-refractivity contribution in [2.45, 2.75) is 78.7 Å². The molecule has 0 amide bonds. The molecular formula is C20H36N4O3. The second-order valence-corrected chi connectivity index (χ2v) is 6.41. The van der Waals surface area contributed by atoms with Gasteiger partial charge in [-0.15, -0.1) is 0 Å². The number of unbranched alkanes of at least 4 members (excludes halogenated alkanes) is 4. The lowest BCUT2D eigenvalue weighted by atomic mass is 10.1. The van der Waals surface area contributed by atoms with Crippen LogP contribution in [0.3, 0.4) is 0 Å². The molecule has 1 rings (SSSR count). The molecule has 0 atom stereocenters. The molecule has 0 spiro atoms. The maximum absolute atomic E-state index is 11.3. The number of aromatic nitrogens is 1. The summed E-state index contributed by atoms with van der Waals surface area (Å²) in [6.45, 7) is 8.01. The van der Waals surface area contributed by atoms with E-state index in [-0.39, 0.29) is 5.97 Å². The molecule has 0 saturated heterocycles. The molecule has 1 aromatic rings. The number of carbonyl (C=O) groups excluding carboxylic acids is 1. The van der Waals surface area contributed by atoms with E-state index in [0.29, 0.717) is 19.6 Å². The molecule has 0 aliphatic heterocycles. The minimum Gasteiger partial charge on any atom is -0.466 e. The average Bonchev–Trinajstić information content (AvgIpc) is 3.08. The van der Waals surface area contributed by atoms with Gasteiger partial charge >= 0.3 is 5.97 Å². The fourth-order valence-electron chi connectivity index (χ4n) is 2.90. The van der Waals surface area contributed by atoms with Crippen LogP contribution in [0.1, 0.15) is 76.3 Å². The van der Waals surface area contributed by atoms with Crippen LogP contribution in [0.15, 0.2) is 9.52 Å². The first-order valence-electron chi connectivity index (χ1n) is 10.2. The molecule has 0 saturated carbocycles. The zero-order valence-corrected chi connectivity index (χ0v) is 17.4. The summed E-state index contributed by atoms with van der Waals surface area (Å²) in [7, 11) is 1.78. The Labute approximate surface area is 163 Å². The lowest BCUT2D eigenvalue weighted by Gasteiger charge is -2.12. The Hall–Kier alpha value is -2.05. The van der Waals surface area contributed by atoms with Crippen molar-refractivity contribution in [1.82, 2.24) is 15.8 Å². The van der Waals surface area contributed by atoms with Crippen LogP contribution in [0.4, 0.5) is 0 Å². The molecule has 1 heterocycles. The summed E-state index contributed by atoms with van der Waals surface area (Å²) in [5.41, 5.74) is 2.15. The molecule has 0 aliphatic rings. The van der Waals surface area contributed by atoms with Gasteiger partial charge in [0.15, 0.2) is 5.96 Å². The van der Waals surface area contributed by atoms with Gasteiger partial charge in [-0.3, -0.25) is 9.79 Å². The van der Waals surface area contributed by atoms with E-state index < -0.39 is 0 Å². The fraction of sp³-hybridized carbons (Fsp3) is 0.750. The summed E-state index contributed by atoms with van der Waals surface area (Å²) in [5.74, 6) is 1.65. The van der Waals surface area contributed by atoms with Gasteiger partial charge in [0.2, 0.25) is 0 Å². The highest BCUT2D eigenvalue weighted by Gasteiger charge is 2.13. The second kappa shape index (κ2) is 14.1. The van der Waals surface area contributed by atoms with E-state index in [1.165, 1.54) is 0 Å². The third-order valence-electron chi connectivity index (χ3n) is 4.42. The number of aryl methyl sites for hydroxylation is 2. The number of esters is 1. The summed E-state index contributed by atoms with van der Waals surface area (Å²) in [6.07, 6.45) is 7.56. The fourth-order valence-corrected chi connectivity index (χ4v) is 2.90. The Morgan fingerprint density at radius 3 is 2.48 bits per heavy atom. The van der Waals surface area contributed by atoms with Crippen LogP contribution in [0.25, 0.3) is 0 Å². The third kappa shape index (κ3) is 8.93. The summed E-state index contributed by atoms with van der Waals surface area (Å²) in [4.78, 5) is 15.5. The van der Waals surface area contributed by atoms with Gasteiger partial charge in [0.25, 0.3) is 0 Å². The predicted molar refractivity (Wildman–Crippen MR) is 108 cm³/mol. The van der Waals surface area contributed by atoms with E-state index in [4.69, 9.17) is 9.26 Å². The van der Waals surface area contributed by atoms with Crippen molar-refractivity contribution < 1.29 is 14.1 Å². The minimum absolute atomic E-state index is 0.0840. The molecule has 0 unspecified atom stereocenters. The molecule has 0 aliphatic carbocycles. The van der Waals surface area contributed by atoms with E-state index in [1.54, 1.807) is 7.05 Å². The topological polar surface area (TPSA) is 88.8 Å².